The molecule has 0 saturated heterocycles. The Labute approximate surface area is 153 Å². The second-order valence-corrected chi connectivity index (χ2v) is 5.62. The Morgan fingerprint density at radius 1 is 1.11 bits per heavy atom. The summed E-state index contributed by atoms with van der Waals surface area (Å²) >= 11 is 0. The molecule has 0 bridgehead atoms. The van der Waals surface area contributed by atoms with Crippen molar-refractivity contribution < 1.29 is 18.3 Å². The molecule has 0 saturated carbocycles. The highest BCUT2D eigenvalue weighted by Crippen LogP contribution is 2.19. The summed E-state index contributed by atoms with van der Waals surface area (Å²) in [6.07, 6.45) is 0. The highest BCUT2D eigenvalue weighted by molar-refractivity contribution is 5.90. The average molecular weight is 371 g/mol. The predicted octanol–water partition coefficient (Wildman–Crippen LogP) is 2.84. The topological polar surface area (TPSA) is 73.2 Å². The Bertz CT molecular complexity index is 1030. The van der Waals surface area contributed by atoms with Gasteiger partial charge in [-0.15, -0.1) is 0 Å². The third-order valence-corrected chi connectivity index (χ3v) is 3.75. The maximum absolute atomic E-state index is 13.6. The number of nitrogens with one attached hydrogen (secondary N) is 1. The van der Waals surface area contributed by atoms with Crippen LogP contribution in [0.5, 0.6) is 5.75 Å². The van der Waals surface area contributed by atoms with Gasteiger partial charge in [-0.05, 0) is 42.5 Å². The van der Waals surface area contributed by atoms with Crippen LogP contribution >= 0.6 is 0 Å². The van der Waals surface area contributed by atoms with Crippen LogP contribution in [0.4, 0.5) is 14.5 Å². The summed E-state index contributed by atoms with van der Waals surface area (Å²) in [5.74, 6) is -1.51. The van der Waals surface area contributed by atoms with E-state index < -0.39 is 29.6 Å². The van der Waals surface area contributed by atoms with Gasteiger partial charge < -0.3 is 10.1 Å². The first-order chi connectivity index (χ1) is 13.0. The fourth-order valence-corrected chi connectivity index (χ4v) is 2.40. The number of anilines is 1. The molecule has 3 aromatic rings. The quantitative estimate of drug-likeness (QED) is 0.749. The van der Waals surface area contributed by atoms with Crippen LogP contribution in [0, 0.1) is 11.6 Å². The van der Waals surface area contributed by atoms with Crippen molar-refractivity contribution in [2.45, 2.75) is 6.54 Å². The minimum atomic E-state index is -0.781. The summed E-state index contributed by atoms with van der Waals surface area (Å²) in [4.78, 5) is 24.1. The highest BCUT2D eigenvalue weighted by Gasteiger charge is 2.11. The summed E-state index contributed by atoms with van der Waals surface area (Å²) in [6, 6.07) is 12.5. The molecule has 0 aliphatic carbocycles. The highest BCUT2D eigenvalue weighted by atomic mass is 19.1. The van der Waals surface area contributed by atoms with Crippen LogP contribution in [-0.4, -0.2) is 22.8 Å². The van der Waals surface area contributed by atoms with Crippen molar-refractivity contribution in [3.8, 4) is 17.0 Å². The molecule has 1 N–H and O–H groups in total. The molecule has 0 fully saturated rings. The number of hydrogen-bond donors (Lipinski definition) is 1. The van der Waals surface area contributed by atoms with Gasteiger partial charge in [0.15, 0.2) is 0 Å². The molecule has 138 valence electrons. The Morgan fingerprint density at radius 2 is 1.85 bits per heavy atom. The average Bonchev–Trinajstić information content (AvgIpc) is 2.66. The van der Waals surface area contributed by atoms with E-state index in [0.717, 1.165) is 28.4 Å². The molecule has 6 nitrogen and oxygen atoms in total. The maximum Gasteiger partial charge on any atom is 0.267 e. The Balaban J connectivity index is 1.80. The van der Waals surface area contributed by atoms with Crippen LogP contribution in [0.2, 0.25) is 0 Å². The molecule has 1 heterocycles. The Morgan fingerprint density at radius 3 is 2.56 bits per heavy atom. The molecular weight excluding hydrogens is 356 g/mol. The van der Waals surface area contributed by atoms with Gasteiger partial charge in [-0.1, -0.05) is 0 Å². The molecule has 27 heavy (non-hydrogen) atoms. The zero-order chi connectivity index (χ0) is 19.4. The number of rotatable bonds is 5. The van der Waals surface area contributed by atoms with Crippen molar-refractivity contribution in [3.05, 3.63) is 76.6 Å². The monoisotopic (exact) mass is 371 g/mol. The van der Waals surface area contributed by atoms with E-state index in [4.69, 9.17) is 4.74 Å². The number of carbonyl (C=O) groups excluding carboxylic acids is 1. The van der Waals surface area contributed by atoms with E-state index in [1.807, 2.05) is 0 Å². The first-order valence-electron chi connectivity index (χ1n) is 7.94. The lowest BCUT2D eigenvalue weighted by molar-refractivity contribution is -0.117. The number of hydrogen-bond acceptors (Lipinski definition) is 4. The van der Waals surface area contributed by atoms with Crippen LogP contribution < -0.4 is 15.6 Å². The molecule has 8 heteroatoms. The second kappa shape index (κ2) is 7.77. The van der Waals surface area contributed by atoms with Crippen LogP contribution in [-0.2, 0) is 11.3 Å². The SMILES string of the molecule is COc1ccc(-c2ccc(=O)n(CC(=O)Nc3cc(F)ccc3F)n2)cc1. The number of amides is 1. The molecule has 0 unspecified atom stereocenters. The van der Waals surface area contributed by atoms with E-state index in [9.17, 15) is 18.4 Å². The van der Waals surface area contributed by atoms with Gasteiger partial charge in [0, 0.05) is 17.7 Å². The van der Waals surface area contributed by atoms with Crippen LogP contribution in [0.15, 0.2) is 59.4 Å². The van der Waals surface area contributed by atoms with E-state index in [0.29, 0.717) is 11.4 Å². The zero-order valence-electron chi connectivity index (χ0n) is 14.3. The van der Waals surface area contributed by atoms with Gasteiger partial charge in [-0.2, -0.15) is 5.10 Å². The standard InChI is InChI=1S/C19H15F2N3O3/c1-27-14-5-2-12(3-6-14)16-8-9-19(26)24(23-16)11-18(25)22-17-10-13(20)4-7-15(17)21/h2-10H,11H2,1H3,(H,22,25). The normalized spacial score (nSPS) is 10.5. The summed E-state index contributed by atoms with van der Waals surface area (Å²) < 4.78 is 32.8. The minimum Gasteiger partial charge on any atom is -0.497 e. The van der Waals surface area contributed by atoms with Gasteiger partial charge in [0.05, 0.1) is 18.5 Å². The van der Waals surface area contributed by atoms with Crippen molar-refractivity contribution in [2.24, 2.45) is 0 Å². The molecule has 2 aromatic carbocycles. The second-order valence-electron chi connectivity index (χ2n) is 5.62. The number of carbonyl (C=O) groups is 1. The predicted molar refractivity (Wildman–Crippen MR) is 95.5 cm³/mol. The van der Waals surface area contributed by atoms with E-state index >= 15 is 0 Å². The third kappa shape index (κ3) is 4.35. The number of methoxy groups -OCH3 is 1. The van der Waals surface area contributed by atoms with Gasteiger partial charge in [-0.25, -0.2) is 13.5 Å². The molecule has 1 amide bonds. The number of aromatic nitrogens is 2. The van der Waals surface area contributed by atoms with E-state index in [1.54, 1.807) is 31.4 Å². The van der Waals surface area contributed by atoms with Crippen molar-refractivity contribution in [3.63, 3.8) is 0 Å². The van der Waals surface area contributed by atoms with Crippen LogP contribution in [0.25, 0.3) is 11.3 Å². The lowest BCUT2D eigenvalue weighted by Crippen LogP contribution is -2.29. The molecule has 0 atom stereocenters. The fourth-order valence-electron chi connectivity index (χ4n) is 2.40. The lowest BCUT2D eigenvalue weighted by Gasteiger charge is -2.09. The van der Waals surface area contributed by atoms with E-state index in [2.05, 4.69) is 10.4 Å². The number of halogens is 2. The first kappa shape index (κ1) is 18.2. The largest absolute Gasteiger partial charge is 0.497 e. The van der Waals surface area contributed by atoms with Crippen molar-refractivity contribution in [1.82, 2.24) is 9.78 Å². The smallest absolute Gasteiger partial charge is 0.267 e. The van der Waals surface area contributed by atoms with Crippen molar-refractivity contribution in [2.75, 3.05) is 12.4 Å². The van der Waals surface area contributed by atoms with Crippen molar-refractivity contribution >= 4 is 11.6 Å². The van der Waals surface area contributed by atoms with E-state index in [-0.39, 0.29) is 5.69 Å². The number of nitrogens with zero attached hydrogens (tertiary/aromatic N) is 2. The van der Waals surface area contributed by atoms with E-state index in [1.165, 1.54) is 12.1 Å². The molecule has 0 aliphatic heterocycles. The Kier molecular flexibility index (Phi) is 5.25. The summed E-state index contributed by atoms with van der Waals surface area (Å²) in [6.45, 7) is -0.446. The van der Waals surface area contributed by atoms with Crippen LogP contribution in [0.1, 0.15) is 0 Å². The van der Waals surface area contributed by atoms with Crippen LogP contribution in [0.3, 0.4) is 0 Å². The summed E-state index contributed by atoms with van der Waals surface area (Å²) in [5, 5.41) is 6.39. The number of ether oxygens (including phenoxy) is 1. The van der Waals surface area contributed by atoms with Gasteiger partial charge in [0.2, 0.25) is 5.91 Å². The first-order valence-corrected chi connectivity index (χ1v) is 7.94. The summed E-state index contributed by atoms with van der Waals surface area (Å²) in [7, 11) is 1.55. The lowest BCUT2D eigenvalue weighted by atomic mass is 10.1. The molecular formula is C19H15F2N3O3. The maximum atomic E-state index is 13.6. The molecule has 0 radical (unpaired) electrons. The third-order valence-electron chi connectivity index (χ3n) is 3.75. The Hall–Kier alpha value is -3.55. The van der Waals surface area contributed by atoms with Gasteiger partial charge in [0.25, 0.3) is 5.56 Å². The van der Waals surface area contributed by atoms with Gasteiger partial charge >= 0.3 is 0 Å². The summed E-state index contributed by atoms with van der Waals surface area (Å²) in [5.41, 5.74) is 0.393. The number of benzene rings is 2. The zero-order valence-corrected chi connectivity index (χ0v) is 14.3. The molecule has 3 rings (SSSR count). The fraction of sp³-hybridized carbons (Fsp3) is 0.105. The molecule has 0 aliphatic rings. The molecule has 1 aromatic heterocycles. The minimum absolute atomic E-state index is 0.306. The van der Waals surface area contributed by atoms with Crippen molar-refractivity contribution in [1.29, 1.82) is 0 Å². The molecule has 0 spiro atoms. The van der Waals surface area contributed by atoms with Gasteiger partial charge in [-0.3, -0.25) is 9.59 Å². The van der Waals surface area contributed by atoms with Gasteiger partial charge in [0.1, 0.15) is 23.9 Å².